The van der Waals surface area contributed by atoms with Gasteiger partial charge in [-0.15, -0.1) is 0 Å². The van der Waals surface area contributed by atoms with Crippen LogP contribution in [0.1, 0.15) is 34.5 Å². The summed E-state index contributed by atoms with van der Waals surface area (Å²) in [6.45, 7) is 2.14. The predicted molar refractivity (Wildman–Crippen MR) is 97.6 cm³/mol. The molecule has 0 fully saturated rings. The summed E-state index contributed by atoms with van der Waals surface area (Å²) in [6, 6.07) is 5.62. The molecule has 0 aliphatic carbocycles. The molecule has 3 rings (SSSR count). The van der Waals surface area contributed by atoms with Gasteiger partial charge in [0.05, 0.1) is 20.3 Å². The second-order valence-corrected chi connectivity index (χ2v) is 6.38. The van der Waals surface area contributed by atoms with E-state index in [2.05, 4.69) is 5.32 Å². The lowest BCUT2D eigenvalue weighted by Crippen LogP contribution is -2.47. The zero-order valence-corrected chi connectivity index (χ0v) is 15.7. The zero-order valence-electron chi connectivity index (χ0n) is 15.7. The van der Waals surface area contributed by atoms with E-state index in [1.54, 1.807) is 20.1 Å². The SMILES string of the molecule is COc1cc2c(cc1OC)[C@@H](C)N(C(=O)NC(=O)c1c(F)cccc1F)CC2. The van der Waals surface area contributed by atoms with Crippen LogP contribution < -0.4 is 14.8 Å². The van der Waals surface area contributed by atoms with Crippen molar-refractivity contribution < 1.29 is 27.8 Å². The Labute approximate surface area is 161 Å². The van der Waals surface area contributed by atoms with Crippen molar-refractivity contribution in [3.63, 3.8) is 0 Å². The van der Waals surface area contributed by atoms with Crippen LogP contribution in [0.2, 0.25) is 0 Å². The minimum absolute atomic E-state index is 0.336. The van der Waals surface area contributed by atoms with Gasteiger partial charge in [0.1, 0.15) is 17.2 Å². The molecule has 2 aromatic carbocycles. The highest BCUT2D eigenvalue weighted by Gasteiger charge is 2.31. The van der Waals surface area contributed by atoms with Crippen LogP contribution in [0, 0.1) is 11.6 Å². The van der Waals surface area contributed by atoms with E-state index in [-0.39, 0.29) is 6.04 Å². The second kappa shape index (κ2) is 7.84. The number of fused-ring (bicyclic) bond motifs is 1. The van der Waals surface area contributed by atoms with E-state index < -0.39 is 29.1 Å². The largest absolute Gasteiger partial charge is 0.493 e. The average molecular weight is 390 g/mol. The summed E-state index contributed by atoms with van der Waals surface area (Å²) in [5.41, 5.74) is 1.07. The molecule has 0 aromatic heterocycles. The van der Waals surface area contributed by atoms with Crippen molar-refractivity contribution in [1.82, 2.24) is 10.2 Å². The quantitative estimate of drug-likeness (QED) is 0.872. The Morgan fingerprint density at radius 2 is 1.71 bits per heavy atom. The number of rotatable bonds is 3. The number of imide groups is 1. The number of nitrogens with zero attached hydrogens (tertiary/aromatic N) is 1. The fourth-order valence-corrected chi connectivity index (χ4v) is 3.37. The third-order valence-electron chi connectivity index (χ3n) is 4.86. The molecule has 0 saturated carbocycles. The highest BCUT2D eigenvalue weighted by atomic mass is 19.1. The molecule has 28 heavy (non-hydrogen) atoms. The maximum absolute atomic E-state index is 13.8. The molecule has 1 heterocycles. The molecule has 8 heteroatoms. The minimum Gasteiger partial charge on any atom is -0.493 e. The van der Waals surface area contributed by atoms with Gasteiger partial charge >= 0.3 is 6.03 Å². The number of benzene rings is 2. The maximum Gasteiger partial charge on any atom is 0.324 e. The van der Waals surface area contributed by atoms with E-state index in [1.807, 2.05) is 6.07 Å². The Morgan fingerprint density at radius 1 is 1.11 bits per heavy atom. The summed E-state index contributed by atoms with van der Waals surface area (Å²) in [4.78, 5) is 26.2. The summed E-state index contributed by atoms with van der Waals surface area (Å²) < 4.78 is 38.2. The highest BCUT2D eigenvalue weighted by Crippen LogP contribution is 2.37. The summed E-state index contributed by atoms with van der Waals surface area (Å²) >= 11 is 0. The number of carbonyl (C=O) groups excluding carboxylic acids is 2. The number of ether oxygens (including phenoxy) is 2. The lowest BCUT2D eigenvalue weighted by molar-refractivity contribution is 0.0936. The van der Waals surface area contributed by atoms with Crippen molar-refractivity contribution in [1.29, 1.82) is 0 Å². The predicted octanol–water partition coefficient (Wildman–Crippen LogP) is 3.45. The fourth-order valence-electron chi connectivity index (χ4n) is 3.37. The first kappa shape index (κ1) is 19.6. The van der Waals surface area contributed by atoms with Crippen LogP contribution in [-0.4, -0.2) is 37.6 Å². The molecule has 6 nitrogen and oxygen atoms in total. The van der Waals surface area contributed by atoms with Crippen molar-refractivity contribution in [2.75, 3.05) is 20.8 Å². The molecule has 3 amide bonds. The minimum atomic E-state index is -1.12. The van der Waals surface area contributed by atoms with Crippen LogP contribution in [0.15, 0.2) is 30.3 Å². The Morgan fingerprint density at radius 3 is 2.32 bits per heavy atom. The van der Waals surface area contributed by atoms with Crippen LogP contribution in [0.5, 0.6) is 11.5 Å². The number of amides is 3. The van der Waals surface area contributed by atoms with Gasteiger partial charge in [0.15, 0.2) is 11.5 Å². The molecular formula is C20H20F2N2O4. The van der Waals surface area contributed by atoms with E-state index in [9.17, 15) is 18.4 Å². The maximum atomic E-state index is 13.8. The van der Waals surface area contributed by atoms with Gasteiger partial charge in [0.2, 0.25) is 0 Å². The number of urea groups is 1. The number of hydrogen-bond acceptors (Lipinski definition) is 4. The summed E-state index contributed by atoms with van der Waals surface area (Å²) in [5.74, 6) is -2.05. The van der Waals surface area contributed by atoms with Gasteiger partial charge < -0.3 is 14.4 Å². The van der Waals surface area contributed by atoms with Gasteiger partial charge in [-0.3, -0.25) is 10.1 Å². The van der Waals surface area contributed by atoms with Crippen LogP contribution in [0.25, 0.3) is 0 Å². The number of hydrogen-bond donors (Lipinski definition) is 1. The summed E-state index contributed by atoms with van der Waals surface area (Å²) in [6.07, 6.45) is 0.537. The zero-order chi connectivity index (χ0) is 20.4. The first-order valence-electron chi connectivity index (χ1n) is 8.68. The molecular weight excluding hydrogens is 370 g/mol. The van der Waals surface area contributed by atoms with Gasteiger partial charge in [0.25, 0.3) is 5.91 Å². The lowest BCUT2D eigenvalue weighted by atomic mass is 9.93. The normalized spacial score (nSPS) is 15.6. The number of nitrogens with one attached hydrogen (secondary N) is 1. The van der Waals surface area contributed by atoms with Gasteiger partial charge in [0, 0.05) is 6.54 Å². The Balaban J connectivity index is 1.82. The second-order valence-electron chi connectivity index (χ2n) is 6.38. The van der Waals surface area contributed by atoms with E-state index in [4.69, 9.17) is 9.47 Å². The Hall–Kier alpha value is -3.16. The van der Waals surface area contributed by atoms with Crippen molar-refractivity contribution in [2.45, 2.75) is 19.4 Å². The Bertz CT molecular complexity index is 912. The van der Waals surface area contributed by atoms with Crippen molar-refractivity contribution >= 4 is 11.9 Å². The molecule has 1 aliphatic heterocycles. The first-order valence-corrected chi connectivity index (χ1v) is 8.68. The highest BCUT2D eigenvalue weighted by molar-refractivity contribution is 6.04. The molecule has 0 radical (unpaired) electrons. The van der Waals surface area contributed by atoms with Gasteiger partial charge in [-0.05, 0) is 48.7 Å². The van der Waals surface area contributed by atoms with Crippen molar-refractivity contribution in [3.8, 4) is 11.5 Å². The van der Waals surface area contributed by atoms with E-state index in [0.29, 0.717) is 24.5 Å². The molecule has 1 N–H and O–H groups in total. The monoisotopic (exact) mass is 390 g/mol. The van der Waals surface area contributed by atoms with Gasteiger partial charge in [-0.2, -0.15) is 0 Å². The molecule has 0 unspecified atom stereocenters. The summed E-state index contributed by atoms with van der Waals surface area (Å²) in [5, 5.41) is 2.07. The van der Waals surface area contributed by atoms with Crippen LogP contribution in [0.4, 0.5) is 13.6 Å². The smallest absolute Gasteiger partial charge is 0.324 e. The number of methoxy groups -OCH3 is 2. The summed E-state index contributed by atoms with van der Waals surface area (Å²) in [7, 11) is 3.06. The number of carbonyl (C=O) groups is 2. The molecule has 2 aromatic rings. The third-order valence-corrected chi connectivity index (χ3v) is 4.86. The fraction of sp³-hybridized carbons (Fsp3) is 0.300. The average Bonchev–Trinajstić information content (AvgIpc) is 2.67. The Kier molecular flexibility index (Phi) is 5.48. The van der Waals surface area contributed by atoms with Gasteiger partial charge in [-0.1, -0.05) is 6.07 Å². The molecule has 1 aliphatic rings. The van der Waals surface area contributed by atoms with E-state index >= 15 is 0 Å². The first-order chi connectivity index (χ1) is 13.4. The molecule has 0 bridgehead atoms. The van der Waals surface area contributed by atoms with Crippen LogP contribution in [0.3, 0.4) is 0 Å². The molecule has 148 valence electrons. The lowest BCUT2D eigenvalue weighted by Gasteiger charge is -2.35. The van der Waals surface area contributed by atoms with Crippen LogP contribution >= 0.6 is 0 Å². The topological polar surface area (TPSA) is 67.9 Å². The van der Waals surface area contributed by atoms with E-state index in [1.165, 1.54) is 12.0 Å². The number of halogens is 2. The van der Waals surface area contributed by atoms with Gasteiger partial charge in [-0.25, -0.2) is 13.6 Å². The molecule has 0 spiro atoms. The molecule has 1 atom stereocenters. The van der Waals surface area contributed by atoms with E-state index in [0.717, 1.165) is 29.3 Å². The van der Waals surface area contributed by atoms with Crippen LogP contribution in [-0.2, 0) is 6.42 Å². The van der Waals surface area contributed by atoms with Crippen molar-refractivity contribution in [2.24, 2.45) is 0 Å². The van der Waals surface area contributed by atoms with Crippen molar-refractivity contribution in [3.05, 3.63) is 58.7 Å². The molecule has 0 saturated heterocycles. The third kappa shape index (κ3) is 3.49. The standard InChI is InChI=1S/C20H20F2N2O4/c1-11-13-10-17(28-3)16(27-2)9-12(13)7-8-24(11)20(26)23-19(25)18-14(21)5-4-6-15(18)22/h4-6,9-11H,7-8H2,1-3H3,(H,23,25,26)/t11-/m1/s1.